The molecule has 0 aliphatic carbocycles. The van der Waals surface area contributed by atoms with Gasteiger partial charge in [0.1, 0.15) is 11.0 Å². The molecule has 0 spiro atoms. The van der Waals surface area contributed by atoms with Gasteiger partial charge in [0.15, 0.2) is 0 Å². The molecule has 0 radical (unpaired) electrons. The summed E-state index contributed by atoms with van der Waals surface area (Å²) in [7, 11) is 3.73. The van der Waals surface area contributed by atoms with Crippen LogP contribution in [0.4, 0.5) is 19.0 Å². The van der Waals surface area contributed by atoms with Crippen molar-refractivity contribution in [3.63, 3.8) is 0 Å². The highest BCUT2D eigenvalue weighted by molar-refractivity contribution is 6.29. The lowest BCUT2D eigenvalue weighted by Gasteiger charge is -2.19. The Kier molecular flexibility index (Phi) is 4.75. The van der Waals surface area contributed by atoms with Crippen molar-refractivity contribution in [2.24, 2.45) is 0 Å². The van der Waals surface area contributed by atoms with Crippen molar-refractivity contribution in [2.45, 2.75) is 19.1 Å². The molecule has 8 heteroatoms. The molecule has 1 atom stereocenters. The second-order valence-electron chi connectivity index (χ2n) is 4.20. The van der Waals surface area contributed by atoms with Gasteiger partial charge >= 0.3 is 6.18 Å². The molecular weight excluding hydrogens is 269 g/mol. The van der Waals surface area contributed by atoms with E-state index < -0.39 is 12.0 Å². The van der Waals surface area contributed by atoms with Crippen molar-refractivity contribution in [1.82, 2.24) is 14.9 Å². The SMILES string of the molecule is CC(CN(C)C)Nc1cc(Cl)nc(C(F)(F)F)n1. The molecule has 1 unspecified atom stereocenters. The van der Waals surface area contributed by atoms with Gasteiger partial charge in [0.2, 0.25) is 5.82 Å². The predicted octanol–water partition coefficient (Wildman–Crippen LogP) is 2.51. The van der Waals surface area contributed by atoms with Gasteiger partial charge < -0.3 is 10.2 Å². The van der Waals surface area contributed by atoms with Crippen LogP contribution in [0.2, 0.25) is 5.15 Å². The Labute approximate surface area is 108 Å². The molecule has 0 aromatic carbocycles. The van der Waals surface area contributed by atoms with Crippen LogP contribution in [0, 0.1) is 0 Å². The molecule has 0 amide bonds. The molecule has 0 fully saturated rings. The Balaban J connectivity index is 2.87. The Morgan fingerprint density at radius 2 is 2.00 bits per heavy atom. The van der Waals surface area contributed by atoms with E-state index >= 15 is 0 Å². The highest BCUT2D eigenvalue weighted by atomic mass is 35.5. The summed E-state index contributed by atoms with van der Waals surface area (Å²) in [6.07, 6.45) is -4.61. The summed E-state index contributed by atoms with van der Waals surface area (Å²) < 4.78 is 37.4. The summed E-state index contributed by atoms with van der Waals surface area (Å²) in [5.41, 5.74) is 0. The molecule has 0 bridgehead atoms. The normalized spacial score (nSPS) is 13.8. The standard InChI is InChI=1S/C10H14ClF3N4/c1-6(5-18(2)3)15-8-4-7(11)16-9(17-8)10(12,13)14/h4,6H,5H2,1-3H3,(H,15,16,17). The molecule has 1 N–H and O–H groups in total. The van der Waals surface area contributed by atoms with Crippen molar-refractivity contribution in [3.8, 4) is 0 Å². The second kappa shape index (κ2) is 5.71. The molecule has 102 valence electrons. The highest BCUT2D eigenvalue weighted by Crippen LogP contribution is 2.28. The molecule has 0 saturated carbocycles. The van der Waals surface area contributed by atoms with Crippen molar-refractivity contribution in [1.29, 1.82) is 0 Å². The third kappa shape index (κ3) is 4.66. The van der Waals surface area contributed by atoms with Crippen molar-refractivity contribution in [2.75, 3.05) is 26.0 Å². The highest BCUT2D eigenvalue weighted by Gasteiger charge is 2.35. The Hall–Kier alpha value is -1.08. The molecule has 0 saturated heterocycles. The van der Waals surface area contributed by atoms with Gasteiger partial charge in [-0.3, -0.25) is 0 Å². The minimum atomic E-state index is -4.61. The molecule has 1 rings (SSSR count). The summed E-state index contributed by atoms with van der Waals surface area (Å²) in [6.45, 7) is 2.49. The first-order valence-corrected chi connectivity index (χ1v) is 5.59. The lowest BCUT2D eigenvalue weighted by Crippen LogP contribution is -2.30. The van der Waals surface area contributed by atoms with Crippen LogP contribution in [0.1, 0.15) is 12.7 Å². The van der Waals surface area contributed by atoms with Crippen molar-refractivity contribution < 1.29 is 13.2 Å². The van der Waals surface area contributed by atoms with E-state index in [1.807, 2.05) is 25.9 Å². The van der Waals surface area contributed by atoms with Gasteiger partial charge in [0.05, 0.1) is 0 Å². The fraction of sp³-hybridized carbons (Fsp3) is 0.600. The third-order valence-electron chi connectivity index (χ3n) is 1.98. The molecule has 1 aromatic heterocycles. The van der Waals surface area contributed by atoms with Crippen LogP contribution in [0.5, 0.6) is 0 Å². The van der Waals surface area contributed by atoms with E-state index in [-0.39, 0.29) is 17.0 Å². The maximum atomic E-state index is 12.5. The summed E-state index contributed by atoms with van der Waals surface area (Å²) in [6, 6.07) is 1.20. The van der Waals surface area contributed by atoms with Gasteiger partial charge in [-0.2, -0.15) is 13.2 Å². The number of hydrogen-bond donors (Lipinski definition) is 1. The minimum Gasteiger partial charge on any atom is -0.366 e. The van der Waals surface area contributed by atoms with Gasteiger partial charge in [-0.15, -0.1) is 0 Å². The fourth-order valence-corrected chi connectivity index (χ4v) is 1.65. The maximum Gasteiger partial charge on any atom is 0.451 e. The average Bonchev–Trinajstić information content (AvgIpc) is 2.13. The number of anilines is 1. The monoisotopic (exact) mass is 282 g/mol. The lowest BCUT2D eigenvalue weighted by molar-refractivity contribution is -0.144. The summed E-state index contributed by atoms with van der Waals surface area (Å²) >= 11 is 5.54. The van der Waals surface area contributed by atoms with Gasteiger partial charge in [-0.05, 0) is 21.0 Å². The van der Waals surface area contributed by atoms with Crippen molar-refractivity contribution >= 4 is 17.4 Å². The van der Waals surface area contributed by atoms with E-state index in [1.165, 1.54) is 6.07 Å². The first-order valence-electron chi connectivity index (χ1n) is 5.21. The summed E-state index contributed by atoms with van der Waals surface area (Å²) in [4.78, 5) is 8.46. The van der Waals surface area contributed by atoms with E-state index in [1.54, 1.807) is 0 Å². The number of aromatic nitrogens is 2. The summed E-state index contributed by atoms with van der Waals surface area (Å²) in [5.74, 6) is -1.17. The molecule has 4 nitrogen and oxygen atoms in total. The van der Waals surface area contributed by atoms with Crippen LogP contribution in [-0.4, -0.2) is 41.5 Å². The van der Waals surface area contributed by atoms with E-state index in [4.69, 9.17) is 11.6 Å². The van der Waals surface area contributed by atoms with Crippen LogP contribution in [0.15, 0.2) is 6.07 Å². The van der Waals surface area contributed by atoms with Crippen molar-refractivity contribution in [3.05, 3.63) is 17.0 Å². The number of halogens is 4. The summed E-state index contributed by atoms with van der Waals surface area (Å²) in [5, 5.41) is 2.61. The van der Waals surface area contributed by atoms with E-state index in [9.17, 15) is 13.2 Å². The van der Waals surface area contributed by atoms with Crippen LogP contribution in [-0.2, 0) is 6.18 Å². The number of alkyl halides is 3. The maximum absolute atomic E-state index is 12.5. The average molecular weight is 283 g/mol. The first-order chi connectivity index (χ1) is 8.18. The lowest BCUT2D eigenvalue weighted by atomic mass is 10.3. The molecular formula is C10H14ClF3N4. The van der Waals surface area contributed by atoms with E-state index in [2.05, 4.69) is 15.3 Å². The van der Waals surface area contributed by atoms with Gasteiger partial charge in [0.25, 0.3) is 0 Å². The Morgan fingerprint density at radius 3 is 2.50 bits per heavy atom. The number of hydrogen-bond acceptors (Lipinski definition) is 4. The number of nitrogens with one attached hydrogen (secondary N) is 1. The van der Waals surface area contributed by atoms with E-state index in [0.29, 0.717) is 6.54 Å². The molecule has 1 heterocycles. The Morgan fingerprint density at radius 1 is 1.39 bits per heavy atom. The Bertz CT molecular complexity index is 409. The topological polar surface area (TPSA) is 41.0 Å². The van der Waals surface area contributed by atoms with Crippen LogP contribution >= 0.6 is 11.6 Å². The fourth-order valence-electron chi connectivity index (χ4n) is 1.46. The predicted molar refractivity (Wildman–Crippen MR) is 63.7 cm³/mol. The van der Waals surface area contributed by atoms with Crippen LogP contribution in [0.25, 0.3) is 0 Å². The molecule has 0 aliphatic heterocycles. The van der Waals surface area contributed by atoms with Gasteiger partial charge in [-0.1, -0.05) is 11.6 Å². The van der Waals surface area contributed by atoms with Crippen LogP contribution in [0.3, 0.4) is 0 Å². The quantitative estimate of drug-likeness (QED) is 0.862. The number of nitrogens with zero attached hydrogens (tertiary/aromatic N) is 3. The molecule has 0 aliphatic rings. The zero-order chi connectivity index (χ0) is 13.9. The van der Waals surface area contributed by atoms with Gasteiger partial charge in [-0.25, -0.2) is 9.97 Å². The van der Waals surface area contributed by atoms with E-state index in [0.717, 1.165) is 0 Å². The largest absolute Gasteiger partial charge is 0.451 e. The molecule has 18 heavy (non-hydrogen) atoms. The first kappa shape index (κ1) is 15.0. The van der Waals surface area contributed by atoms with Crippen LogP contribution < -0.4 is 5.32 Å². The number of rotatable bonds is 4. The second-order valence-corrected chi connectivity index (χ2v) is 4.59. The minimum absolute atomic E-state index is 0.0629. The molecule has 1 aromatic rings. The van der Waals surface area contributed by atoms with Gasteiger partial charge in [0, 0.05) is 18.7 Å². The number of likely N-dealkylation sites (N-methyl/N-ethyl adjacent to an activating group) is 1. The smallest absolute Gasteiger partial charge is 0.366 e. The third-order valence-corrected chi connectivity index (χ3v) is 2.18. The zero-order valence-corrected chi connectivity index (χ0v) is 11.0. The zero-order valence-electron chi connectivity index (χ0n) is 10.2.